The van der Waals surface area contributed by atoms with Gasteiger partial charge in [-0.05, 0) is 19.3 Å². The Labute approximate surface area is 92.8 Å². The molecule has 0 aromatic carbocycles. The Bertz CT molecular complexity index is 178. The van der Waals surface area contributed by atoms with Gasteiger partial charge in [0.05, 0.1) is 6.67 Å². The molecule has 0 aliphatic heterocycles. The first kappa shape index (κ1) is 14.8. The fraction of sp³-hybridized carbons (Fsp3) is 0.900. The second-order valence-electron chi connectivity index (χ2n) is 3.23. The number of hydrogen-bond acceptors (Lipinski definition) is 2. The average Bonchev–Trinajstić information content (AvgIpc) is 2.25. The third-order valence-electron chi connectivity index (χ3n) is 1.95. The van der Waals surface area contributed by atoms with E-state index in [0.29, 0.717) is 12.2 Å². The molecular formula is C10H17F3OS. The highest BCUT2D eigenvalue weighted by Crippen LogP contribution is 2.17. The standard InChI is InChI=1S/C10H17F3OS/c1-2-10(14)15-7-5-9(13)8(12)4-3-6-11/h8-9H,2-7H2,1H3. The van der Waals surface area contributed by atoms with Crippen LogP contribution in [0.3, 0.4) is 0 Å². The first-order chi connectivity index (χ1) is 7.11. The molecule has 0 fully saturated rings. The Kier molecular flexibility index (Phi) is 8.95. The zero-order chi connectivity index (χ0) is 11.7. The van der Waals surface area contributed by atoms with Gasteiger partial charge in [-0.3, -0.25) is 9.18 Å². The summed E-state index contributed by atoms with van der Waals surface area (Å²) in [6.07, 6.45) is -2.77. The van der Waals surface area contributed by atoms with Gasteiger partial charge in [0.15, 0.2) is 5.12 Å². The molecule has 0 rings (SSSR count). The summed E-state index contributed by atoms with van der Waals surface area (Å²) in [6.45, 7) is 1.11. The zero-order valence-electron chi connectivity index (χ0n) is 8.85. The van der Waals surface area contributed by atoms with Crippen molar-refractivity contribution in [2.45, 2.75) is 45.0 Å². The Morgan fingerprint density at radius 1 is 1.27 bits per heavy atom. The fourth-order valence-electron chi connectivity index (χ4n) is 1.02. The number of rotatable bonds is 8. The van der Waals surface area contributed by atoms with Crippen LogP contribution in [0.5, 0.6) is 0 Å². The van der Waals surface area contributed by atoms with Crippen LogP contribution in [0.25, 0.3) is 0 Å². The van der Waals surface area contributed by atoms with Crippen LogP contribution in [-0.4, -0.2) is 29.9 Å². The summed E-state index contributed by atoms with van der Waals surface area (Å²) in [6, 6.07) is 0. The summed E-state index contributed by atoms with van der Waals surface area (Å²) in [5.41, 5.74) is 0. The summed E-state index contributed by atoms with van der Waals surface area (Å²) >= 11 is 1.03. The van der Waals surface area contributed by atoms with Gasteiger partial charge in [-0.2, -0.15) is 0 Å². The van der Waals surface area contributed by atoms with Crippen molar-refractivity contribution in [2.24, 2.45) is 0 Å². The normalized spacial score (nSPS) is 14.9. The monoisotopic (exact) mass is 242 g/mol. The Morgan fingerprint density at radius 2 is 1.87 bits per heavy atom. The molecule has 0 aromatic heterocycles. The maximum absolute atomic E-state index is 13.1. The lowest BCUT2D eigenvalue weighted by molar-refractivity contribution is -0.110. The largest absolute Gasteiger partial charge is 0.287 e. The number of alkyl halides is 3. The van der Waals surface area contributed by atoms with E-state index in [1.54, 1.807) is 6.92 Å². The van der Waals surface area contributed by atoms with Gasteiger partial charge in [-0.1, -0.05) is 18.7 Å². The zero-order valence-corrected chi connectivity index (χ0v) is 9.66. The lowest BCUT2D eigenvalue weighted by Gasteiger charge is -2.11. The van der Waals surface area contributed by atoms with Crippen molar-refractivity contribution in [3.63, 3.8) is 0 Å². The van der Waals surface area contributed by atoms with Crippen LogP contribution in [0.2, 0.25) is 0 Å². The molecule has 0 aliphatic carbocycles. The van der Waals surface area contributed by atoms with E-state index in [1.807, 2.05) is 0 Å². The number of halogens is 3. The van der Waals surface area contributed by atoms with Crippen molar-refractivity contribution in [3.8, 4) is 0 Å². The molecule has 0 heterocycles. The van der Waals surface area contributed by atoms with Crippen molar-refractivity contribution in [2.75, 3.05) is 12.4 Å². The third-order valence-corrected chi connectivity index (χ3v) is 3.00. The maximum Gasteiger partial charge on any atom is 0.188 e. The minimum absolute atomic E-state index is 0.0126. The van der Waals surface area contributed by atoms with Gasteiger partial charge in [-0.25, -0.2) is 8.78 Å². The quantitative estimate of drug-likeness (QED) is 0.648. The van der Waals surface area contributed by atoms with E-state index in [2.05, 4.69) is 0 Å². The SMILES string of the molecule is CCC(=O)SCCC(F)C(F)CCCF. The van der Waals surface area contributed by atoms with E-state index >= 15 is 0 Å². The van der Waals surface area contributed by atoms with Gasteiger partial charge in [0.1, 0.15) is 12.3 Å². The van der Waals surface area contributed by atoms with Gasteiger partial charge < -0.3 is 0 Å². The molecule has 0 amide bonds. The Morgan fingerprint density at radius 3 is 2.40 bits per heavy atom. The van der Waals surface area contributed by atoms with E-state index in [4.69, 9.17) is 0 Å². The molecule has 5 heteroatoms. The van der Waals surface area contributed by atoms with Gasteiger partial charge >= 0.3 is 0 Å². The van der Waals surface area contributed by atoms with E-state index in [0.717, 1.165) is 11.8 Å². The van der Waals surface area contributed by atoms with Crippen LogP contribution in [0.1, 0.15) is 32.6 Å². The minimum Gasteiger partial charge on any atom is -0.287 e. The summed E-state index contributed by atoms with van der Waals surface area (Å²) < 4.78 is 37.7. The first-order valence-electron chi connectivity index (χ1n) is 5.11. The minimum atomic E-state index is -1.60. The smallest absolute Gasteiger partial charge is 0.188 e. The molecule has 0 spiro atoms. The highest BCUT2D eigenvalue weighted by molar-refractivity contribution is 8.13. The van der Waals surface area contributed by atoms with Gasteiger partial charge in [0, 0.05) is 12.2 Å². The molecule has 90 valence electrons. The fourth-order valence-corrected chi connectivity index (χ4v) is 1.80. The molecule has 0 N–H and O–H groups in total. The van der Waals surface area contributed by atoms with E-state index < -0.39 is 19.0 Å². The predicted octanol–water partition coefficient (Wildman–Crippen LogP) is 3.47. The molecule has 0 bridgehead atoms. The number of carbonyl (C=O) groups excluding carboxylic acids is 1. The van der Waals surface area contributed by atoms with Crippen molar-refractivity contribution in [3.05, 3.63) is 0 Å². The third kappa shape index (κ3) is 7.71. The van der Waals surface area contributed by atoms with Gasteiger partial charge in [-0.15, -0.1) is 0 Å². The molecule has 2 atom stereocenters. The molecule has 15 heavy (non-hydrogen) atoms. The van der Waals surface area contributed by atoms with Crippen molar-refractivity contribution in [1.82, 2.24) is 0 Å². The van der Waals surface area contributed by atoms with Gasteiger partial charge in [0.25, 0.3) is 0 Å². The highest BCUT2D eigenvalue weighted by Gasteiger charge is 2.19. The number of thioether (sulfide) groups is 1. The average molecular weight is 242 g/mol. The van der Waals surface area contributed by atoms with E-state index in [9.17, 15) is 18.0 Å². The second kappa shape index (κ2) is 9.07. The summed E-state index contributed by atoms with van der Waals surface area (Å²) in [5, 5.41) is -0.0126. The predicted molar refractivity (Wildman–Crippen MR) is 57.4 cm³/mol. The second-order valence-corrected chi connectivity index (χ2v) is 4.38. The molecule has 0 radical (unpaired) electrons. The molecule has 1 nitrogen and oxygen atoms in total. The van der Waals surface area contributed by atoms with Crippen LogP contribution < -0.4 is 0 Å². The molecule has 0 saturated carbocycles. The highest BCUT2D eigenvalue weighted by atomic mass is 32.2. The molecule has 2 unspecified atom stereocenters. The van der Waals surface area contributed by atoms with Crippen molar-refractivity contribution >= 4 is 16.9 Å². The lowest BCUT2D eigenvalue weighted by Crippen LogP contribution is -2.18. The lowest BCUT2D eigenvalue weighted by atomic mass is 10.1. The molecule has 0 aliphatic rings. The van der Waals surface area contributed by atoms with E-state index in [1.165, 1.54) is 0 Å². The van der Waals surface area contributed by atoms with Crippen LogP contribution in [0.15, 0.2) is 0 Å². The van der Waals surface area contributed by atoms with E-state index in [-0.39, 0.29) is 24.4 Å². The number of hydrogen-bond donors (Lipinski definition) is 0. The molecule has 0 saturated heterocycles. The van der Waals surface area contributed by atoms with Crippen LogP contribution in [0.4, 0.5) is 13.2 Å². The summed E-state index contributed by atoms with van der Waals surface area (Å²) in [4.78, 5) is 10.8. The van der Waals surface area contributed by atoms with Crippen LogP contribution >= 0.6 is 11.8 Å². The van der Waals surface area contributed by atoms with Crippen molar-refractivity contribution in [1.29, 1.82) is 0 Å². The van der Waals surface area contributed by atoms with Gasteiger partial charge in [0.2, 0.25) is 0 Å². The molecular weight excluding hydrogens is 225 g/mol. The Hall–Kier alpha value is -0.190. The maximum atomic E-state index is 13.1. The topological polar surface area (TPSA) is 17.1 Å². The summed E-state index contributed by atoms with van der Waals surface area (Å²) in [5.74, 6) is 0.296. The molecule has 0 aromatic rings. The number of carbonyl (C=O) groups is 1. The van der Waals surface area contributed by atoms with Crippen LogP contribution in [-0.2, 0) is 4.79 Å². The van der Waals surface area contributed by atoms with Crippen molar-refractivity contribution < 1.29 is 18.0 Å². The summed E-state index contributed by atoms with van der Waals surface area (Å²) in [7, 11) is 0. The first-order valence-corrected chi connectivity index (χ1v) is 6.10. The van der Waals surface area contributed by atoms with Crippen LogP contribution in [0, 0.1) is 0 Å². The Balaban J connectivity index is 3.54.